The smallest absolute Gasteiger partial charge is 0.271 e. The number of pyridine rings is 1. The maximum atomic E-state index is 12.8. The zero-order valence-electron chi connectivity index (χ0n) is 16.0. The largest absolute Gasteiger partial charge is 0.357 e. The number of anilines is 1. The number of sulfonamides is 1. The molecule has 8 nitrogen and oxygen atoms in total. The van der Waals surface area contributed by atoms with Gasteiger partial charge in [-0.15, -0.1) is 0 Å². The third kappa shape index (κ3) is 4.48. The minimum atomic E-state index is -3.89. The molecule has 150 valence electrons. The van der Waals surface area contributed by atoms with Crippen molar-refractivity contribution < 1.29 is 13.3 Å². The predicted octanol–water partition coefficient (Wildman–Crippen LogP) is 3.08. The highest BCUT2D eigenvalue weighted by Gasteiger charge is 2.22. The number of nitro groups is 1. The molecular formula is C19H24N4O4S. The summed E-state index contributed by atoms with van der Waals surface area (Å²) in [6.45, 7) is 5.30. The number of rotatable bonds is 6. The topological polar surface area (TPSA) is 105 Å². The molecule has 0 amide bonds. The molecule has 0 saturated carbocycles. The summed E-state index contributed by atoms with van der Waals surface area (Å²) < 4.78 is 28.1. The normalized spacial score (nSPS) is 14.9. The lowest BCUT2D eigenvalue weighted by Gasteiger charge is -2.27. The Kier molecular flexibility index (Phi) is 5.95. The molecule has 0 atom stereocenters. The number of nitro benzene ring substituents is 1. The van der Waals surface area contributed by atoms with Crippen LogP contribution in [-0.2, 0) is 16.6 Å². The van der Waals surface area contributed by atoms with Crippen molar-refractivity contribution in [2.45, 2.75) is 44.6 Å². The summed E-state index contributed by atoms with van der Waals surface area (Å²) in [5.74, 6) is 0.846. The minimum Gasteiger partial charge on any atom is -0.357 e. The van der Waals surface area contributed by atoms with Gasteiger partial charge in [0.2, 0.25) is 10.0 Å². The van der Waals surface area contributed by atoms with Gasteiger partial charge < -0.3 is 4.90 Å². The van der Waals surface area contributed by atoms with E-state index in [9.17, 15) is 18.5 Å². The molecule has 1 aliphatic rings. The van der Waals surface area contributed by atoms with Gasteiger partial charge in [-0.3, -0.25) is 10.1 Å². The molecule has 9 heteroatoms. The molecule has 0 bridgehead atoms. The molecule has 1 N–H and O–H groups in total. The number of nitrogens with one attached hydrogen (secondary N) is 1. The number of piperidine rings is 1. The van der Waals surface area contributed by atoms with Crippen molar-refractivity contribution in [1.82, 2.24) is 9.71 Å². The summed E-state index contributed by atoms with van der Waals surface area (Å²) in [6, 6.07) is 6.14. The Morgan fingerprint density at radius 3 is 2.57 bits per heavy atom. The monoisotopic (exact) mass is 404 g/mol. The SMILES string of the molecule is Cc1cc([N+](=O)[O-])cc(S(=O)(=O)NCc2ccnc(N3CCCCC3)c2)c1C. The predicted molar refractivity (Wildman–Crippen MR) is 107 cm³/mol. The fourth-order valence-corrected chi connectivity index (χ4v) is 4.67. The summed E-state index contributed by atoms with van der Waals surface area (Å²) in [4.78, 5) is 17.0. The minimum absolute atomic E-state index is 0.0653. The van der Waals surface area contributed by atoms with Gasteiger partial charge in [0.15, 0.2) is 0 Å². The van der Waals surface area contributed by atoms with Crippen molar-refractivity contribution in [3.05, 3.63) is 57.3 Å². The van der Waals surface area contributed by atoms with E-state index in [0.29, 0.717) is 11.1 Å². The highest BCUT2D eigenvalue weighted by molar-refractivity contribution is 7.89. The van der Waals surface area contributed by atoms with Gasteiger partial charge in [0, 0.05) is 38.0 Å². The first-order valence-corrected chi connectivity index (χ1v) is 10.7. The average Bonchev–Trinajstić information content (AvgIpc) is 2.69. The van der Waals surface area contributed by atoms with Crippen LogP contribution in [0.2, 0.25) is 0 Å². The number of hydrogen-bond donors (Lipinski definition) is 1. The second-order valence-corrected chi connectivity index (χ2v) is 8.77. The molecule has 1 aromatic carbocycles. The highest BCUT2D eigenvalue weighted by Crippen LogP contribution is 2.25. The van der Waals surface area contributed by atoms with Gasteiger partial charge in [0.25, 0.3) is 5.69 Å². The third-order valence-electron chi connectivity index (χ3n) is 5.06. The molecule has 2 heterocycles. The molecule has 1 saturated heterocycles. The first-order valence-electron chi connectivity index (χ1n) is 9.23. The molecule has 0 aliphatic carbocycles. The molecule has 28 heavy (non-hydrogen) atoms. The van der Waals surface area contributed by atoms with Crippen molar-refractivity contribution in [3.63, 3.8) is 0 Å². The number of hydrogen-bond acceptors (Lipinski definition) is 6. The summed E-state index contributed by atoms with van der Waals surface area (Å²) in [6.07, 6.45) is 5.15. The molecule has 1 aromatic heterocycles. The first-order chi connectivity index (χ1) is 13.3. The van der Waals surface area contributed by atoms with Gasteiger partial charge in [-0.1, -0.05) is 0 Å². The highest BCUT2D eigenvalue weighted by atomic mass is 32.2. The van der Waals surface area contributed by atoms with E-state index in [4.69, 9.17) is 0 Å². The van der Waals surface area contributed by atoms with Crippen LogP contribution in [0.4, 0.5) is 11.5 Å². The molecular weight excluding hydrogens is 380 g/mol. The van der Waals surface area contributed by atoms with Crippen molar-refractivity contribution in [1.29, 1.82) is 0 Å². The fourth-order valence-electron chi connectivity index (χ4n) is 3.32. The standard InChI is InChI=1S/C19H24N4O4S/c1-14-10-17(23(24)25)12-18(15(14)2)28(26,27)21-13-16-6-7-20-19(11-16)22-8-4-3-5-9-22/h6-7,10-12,21H,3-5,8-9,13H2,1-2H3. The third-order valence-corrected chi connectivity index (χ3v) is 6.59. The lowest BCUT2D eigenvalue weighted by molar-refractivity contribution is -0.385. The van der Waals surface area contributed by atoms with E-state index in [1.807, 2.05) is 6.07 Å². The second kappa shape index (κ2) is 8.24. The van der Waals surface area contributed by atoms with Gasteiger partial charge in [-0.2, -0.15) is 0 Å². The van der Waals surface area contributed by atoms with Gasteiger partial charge in [-0.25, -0.2) is 18.1 Å². The van der Waals surface area contributed by atoms with Crippen molar-refractivity contribution in [2.75, 3.05) is 18.0 Å². The van der Waals surface area contributed by atoms with E-state index in [0.717, 1.165) is 43.4 Å². The summed E-state index contributed by atoms with van der Waals surface area (Å²) in [5.41, 5.74) is 1.62. The van der Waals surface area contributed by atoms with Crippen molar-refractivity contribution >= 4 is 21.5 Å². The number of aryl methyl sites for hydroxylation is 1. The Hall–Kier alpha value is -2.52. The fraction of sp³-hybridized carbons (Fsp3) is 0.421. The summed E-state index contributed by atoms with van der Waals surface area (Å²) in [7, 11) is -3.89. The van der Waals surface area contributed by atoms with Gasteiger partial charge in [-0.05, 0) is 61.9 Å². The lowest BCUT2D eigenvalue weighted by Crippen LogP contribution is -2.30. The maximum Gasteiger partial charge on any atom is 0.271 e. The number of benzene rings is 1. The van der Waals surface area contributed by atoms with Gasteiger partial charge in [0.05, 0.1) is 9.82 Å². The van der Waals surface area contributed by atoms with Crippen LogP contribution in [-0.4, -0.2) is 31.4 Å². The Morgan fingerprint density at radius 2 is 1.89 bits per heavy atom. The first kappa shape index (κ1) is 20.2. The quantitative estimate of drug-likeness (QED) is 0.586. The van der Waals surface area contributed by atoms with Gasteiger partial charge in [0.1, 0.15) is 5.82 Å². The van der Waals surface area contributed by atoms with Crippen LogP contribution in [0.25, 0.3) is 0 Å². The van der Waals surface area contributed by atoms with Crippen LogP contribution in [0.15, 0.2) is 35.4 Å². The van der Waals surface area contributed by atoms with Gasteiger partial charge >= 0.3 is 0 Å². The summed E-state index contributed by atoms with van der Waals surface area (Å²) in [5, 5.41) is 11.1. The van der Waals surface area contributed by atoms with E-state index in [2.05, 4.69) is 14.6 Å². The average molecular weight is 404 g/mol. The second-order valence-electron chi connectivity index (χ2n) is 7.04. The van der Waals surface area contributed by atoms with E-state index < -0.39 is 14.9 Å². The number of aromatic nitrogens is 1. The van der Waals surface area contributed by atoms with Crippen LogP contribution < -0.4 is 9.62 Å². The van der Waals surface area contributed by atoms with E-state index in [1.165, 1.54) is 12.5 Å². The zero-order chi connectivity index (χ0) is 20.3. The molecule has 1 aliphatic heterocycles. The Morgan fingerprint density at radius 1 is 1.18 bits per heavy atom. The molecule has 1 fully saturated rings. The van der Waals surface area contributed by atoms with Crippen molar-refractivity contribution in [2.24, 2.45) is 0 Å². The van der Waals surface area contributed by atoms with E-state index in [-0.39, 0.29) is 17.1 Å². The van der Waals surface area contributed by atoms with Crippen LogP contribution in [0.5, 0.6) is 0 Å². The molecule has 0 radical (unpaired) electrons. The van der Waals surface area contributed by atoms with Crippen LogP contribution in [0.3, 0.4) is 0 Å². The van der Waals surface area contributed by atoms with E-state index >= 15 is 0 Å². The molecule has 0 unspecified atom stereocenters. The molecule has 3 rings (SSSR count). The van der Waals surface area contributed by atoms with Crippen LogP contribution in [0.1, 0.15) is 36.0 Å². The van der Waals surface area contributed by atoms with Crippen LogP contribution >= 0.6 is 0 Å². The molecule has 0 spiro atoms. The number of non-ortho nitro benzene ring substituents is 1. The lowest BCUT2D eigenvalue weighted by atomic mass is 10.1. The van der Waals surface area contributed by atoms with E-state index in [1.54, 1.807) is 26.1 Å². The Balaban J connectivity index is 1.80. The maximum absolute atomic E-state index is 12.8. The Labute approximate surface area is 164 Å². The van der Waals surface area contributed by atoms with Crippen LogP contribution in [0, 0.1) is 24.0 Å². The zero-order valence-corrected chi connectivity index (χ0v) is 16.8. The Bertz CT molecular complexity index is 985. The summed E-state index contributed by atoms with van der Waals surface area (Å²) >= 11 is 0. The molecule has 2 aromatic rings. The number of nitrogens with zero attached hydrogens (tertiary/aromatic N) is 3. The van der Waals surface area contributed by atoms with Crippen molar-refractivity contribution in [3.8, 4) is 0 Å².